The van der Waals surface area contributed by atoms with Crippen LogP contribution in [0.15, 0.2) is 42.5 Å². The van der Waals surface area contributed by atoms with Gasteiger partial charge in [0.1, 0.15) is 0 Å². The second kappa shape index (κ2) is 11.8. The number of ketones is 1. The van der Waals surface area contributed by atoms with E-state index in [9.17, 15) is 14.4 Å². The number of aryl methyl sites for hydroxylation is 3. The highest BCUT2D eigenvalue weighted by Crippen LogP contribution is 2.29. The molecule has 178 valence electrons. The van der Waals surface area contributed by atoms with E-state index in [4.69, 9.17) is 9.47 Å². The van der Waals surface area contributed by atoms with Gasteiger partial charge < -0.3 is 9.47 Å². The molecule has 0 saturated heterocycles. The zero-order valence-electron chi connectivity index (χ0n) is 20.8. The van der Waals surface area contributed by atoms with Crippen LogP contribution >= 0.6 is 0 Å². The minimum absolute atomic E-state index is 0.0246. The van der Waals surface area contributed by atoms with E-state index in [1.165, 1.54) is 0 Å². The van der Waals surface area contributed by atoms with E-state index in [2.05, 4.69) is 13.8 Å². The van der Waals surface area contributed by atoms with Crippen molar-refractivity contribution in [1.82, 2.24) is 0 Å². The van der Waals surface area contributed by atoms with Gasteiger partial charge in [0.15, 0.2) is 0 Å². The van der Waals surface area contributed by atoms with Crippen LogP contribution in [-0.2, 0) is 14.3 Å². The third-order valence-corrected chi connectivity index (χ3v) is 6.18. The molecule has 33 heavy (non-hydrogen) atoms. The minimum atomic E-state index is -0.848. The Balaban J connectivity index is 2.08. The molecule has 5 nitrogen and oxygen atoms in total. The molecule has 0 saturated carbocycles. The van der Waals surface area contributed by atoms with Crippen LogP contribution in [0, 0.1) is 44.4 Å². The fourth-order valence-electron chi connectivity index (χ4n) is 4.33. The topological polar surface area (TPSA) is 69.7 Å². The van der Waals surface area contributed by atoms with Crippen LogP contribution in [0.3, 0.4) is 0 Å². The molecule has 2 aromatic rings. The summed E-state index contributed by atoms with van der Waals surface area (Å²) in [5.74, 6) is -1.57. The molecule has 0 aromatic heterocycles. The molecule has 2 unspecified atom stereocenters. The van der Waals surface area contributed by atoms with E-state index in [-0.39, 0.29) is 42.9 Å². The van der Waals surface area contributed by atoms with Crippen LogP contribution in [0.2, 0.25) is 0 Å². The van der Waals surface area contributed by atoms with Gasteiger partial charge in [0, 0.05) is 17.4 Å². The standard InChI is InChI=1S/C28H36O5/c1-17(2)23(15-32-27(30)22-11-9-8-10-12-22)24(18(3)4)16-33-28(31)26(29)25-20(6)13-19(5)14-21(25)7/h8-14,17-18,23-24H,15-16H2,1-7H3. The second-order valence-corrected chi connectivity index (χ2v) is 9.48. The molecular formula is C28H36O5. The highest BCUT2D eigenvalue weighted by molar-refractivity contribution is 6.41. The third-order valence-electron chi connectivity index (χ3n) is 6.18. The lowest BCUT2D eigenvalue weighted by molar-refractivity contribution is -0.141. The van der Waals surface area contributed by atoms with Crippen LogP contribution in [0.5, 0.6) is 0 Å². The van der Waals surface area contributed by atoms with Gasteiger partial charge in [-0.05, 0) is 55.9 Å². The van der Waals surface area contributed by atoms with Crippen LogP contribution in [0.25, 0.3) is 0 Å². The zero-order valence-corrected chi connectivity index (χ0v) is 20.8. The summed E-state index contributed by atoms with van der Waals surface area (Å²) in [6.07, 6.45) is 0. The molecule has 2 aromatic carbocycles. The summed E-state index contributed by atoms with van der Waals surface area (Å²) in [6, 6.07) is 12.6. The molecule has 0 bridgehead atoms. The molecule has 5 heteroatoms. The second-order valence-electron chi connectivity index (χ2n) is 9.48. The highest BCUT2D eigenvalue weighted by atomic mass is 16.5. The fraction of sp³-hybridized carbons (Fsp3) is 0.464. The van der Waals surface area contributed by atoms with Crippen molar-refractivity contribution in [3.63, 3.8) is 0 Å². The largest absolute Gasteiger partial charge is 0.462 e. The van der Waals surface area contributed by atoms with Crippen molar-refractivity contribution >= 4 is 17.7 Å². The van der Waals surface area contributed by atoms with E-state index in [1.807, 2.05) is 52.8 Å². The van der Waals surface area contributed by atoms with E-state index in [1.54, 1.807) is 24.3 Å². The number of esters is 2. The predicted molar refractivity (Wildman–Crippen MR) is 129 cm³/mol. The maximum absolute atomic E-state index is 12.8. The Labute approximate surface area is 197 Å². The van der Waals surface area contributed by atoms with Crippen molar-refractivity contribution in [2.24, 2.45) is 23.7 Å². The molecule has 0 spiro atoms. The average Bonchev–Trinajstić information content (AvgIpc) is 2.74. The van der Waals surface area contributed by atoms with Gasteiger partial charge in [0.2, 0.25) is 0 Å². The first-order chi connectivity index (χ1) is 15.5. The molecule has 0 aliphatic heterocycles. The summed E-state index contributed by atoms with van der Waals surface area (Å²) in [6.45, 7) is 14.1. The van der Waals surface area contributed by atoms with Gasteiger partial charge in [-0.3, -0.25) is 4.79 Å². The zero-order chi connectivity index (χ0) is 24.7. The SMILES string of the molecule is Cc1cc(C)c(C(=O)C(=O)OCC(C(C)C)C(COC(=O)c2ccccc2)C(C)C)c(C)c1. The number of hydrogen-bond donors (Lipinski definition) is 0. The lowest BCUT2D eigenvalue weighted by Crippen LogP contribution is -2.34. The van der Waals surface area contributed by atoms with Gasteiger partial charge in [-0.1, -0.05) is 63.6 Å². The number of benzene rings is 2. The van der Waals surface area contributed by atoms with Crippen molar-refractivity contribution in [2.45, 2.75) is 48.5 Å². The summed E-state index contributed by atoms with van der Waals surface area (Å²) in [5, 5.41) is 0. The van der Waals surface area contributed by atoms with Gasteiger partial charge in [-0.25, -0.2) is 9.59 Å². The highest BCUT2D eigenvalue weighted by Gasteiger charge is 2.31. The van der Waals surface area contributed by atoms with Gasteiger partial charge in [0.25, 0.3) is 5.78 Å². The summed E-state index contributed by atoms with van der Waals surface area (Å²) >= 11 is 0. The summed E-state index contributed by atoms with van der Waals surface area (Å²) in [4.78, 5) is 37.9. The van der Waals surface area contributed by atoms with Gasteiger partial charge >= 0.3 is 11.9 Å². The number of Topliss-reactive ketones (excluding diaryl/α,β-unsaturated/α-hetero) is 1. The summed E-state index contributed by atoms with van der Waals surface area (Å²) in [7, 11) is 0. The lowest BCUT2D eigenvalue weighted by atomic mass is 9.78. The Kier molecular flexibility index (Phi) is 9.39. The normalized spacial score (nSPS) is 13.0. The van der Waals surface area contributed by atoms with Gasteiger partial charge in [-0.15, -0.1) is 0 Å². The van der Waals surface area contributed by atoms with Crippen molar-refractivity contribution in [3.05, 3.63) is 70.3 Å². The first-order valence-electron chi connectivity index (χ1n) is 11.5. The molecule has 2 atom stereocenters. The van der Waals surface area contributed by atoms with Crippen molar-refractivity contribution < 1.29 is 23.9 Å². The third kappa shape index (κ3) is 7.01. The fourth-order valence-corrected chi connectivity index (χ4v) is 4.33. The molecular weight excluding hydrogens is 416 g/mol. The Bertz CT molecular complexity index is 952. The van der Waals surface area contributed by atoms with Gasteiger partial charge in [0.05, 0.1) is 18.8 Å². The van der Waals surface area contributed by atoms with Crippen LogP contribution in [-0.4, -0.2) is 30.9 Å². The van der Waals surface area contributed by atoms with E-state index >= 15 is 0 Å². The van der Waals surface area contributed by atoms with Crippen LogP contribution < -0.4 is 0 Å². The number of hydrogen-bond acceptors (Lipinski definition) is 5. The maximum Gasteiger partial charge on any atom is 0.379 e. The Morgan fingerprint density at radius 2 is 1.24 bits per heavy atom. The first-order valence-corrected chi connectivity index (χ1v) is 11.5. The predicted octanol–water partition coefficient (Wildman–Crippen LogP) is 5.74. The van der Waals surface area contributed by atoms with E-state index < -0.39 is 11.8 Å². The molecule has 0 aliphatic rings. The van der Waals surface area contributed by atoms with E-state index in [0.29, 0.717) is 11.1 Å². The minimum Gasteiger partial charge on any atom is -0.462 e. The monoisotopic (exact) mass is 452 g/mol. The Morgan fingerprint density at radius 1 is 0.758 bits per heavy atom. The molecule has 2 rings (SSSR count). The first kappa shape index (κ1) is 26.3. The van der Waals surface area contributed by atoms with Crippen LogP contribution in [0.4, 0.5) is 0 Å². The Morgan fingerprint density at radius 3 is 1.73 bits per heavy atom. The summed E-state index contributed by atoms with van der Waals surface area (Å²) in [5.41, 5.74) is 3.48. The molecule has 0 N–H and O–H groups in total. The Hall–Kier alpha value is -2.95. The maximum atomic E-state index is 12.8. The van der Waals surface area contributed by atoms with Crippen LogP contribution in [0.1, 0.15) is 65.1 Å². The number of rotatable bonds is 10. The van der Waals surface area contributed by atoms with Crippen molar-refractivity contribution in [3.8, 4) is 0 Å². The lowest BCUT2D eigenvalue weighted by Gasteiger charge is -2.32. The number of carbonyl (C=O) groups excluding carboxylic acids is 3. The number of carbonyl (C=O) groups is 3. The smallest absolute Gasteiger partial charge is 0.379 e. The quantitative estimate of drug-likeness (QED) is 0.261. The molecule has 0 aliphatic carbocycles. The average molecular weight is 453 g/mol. The number of ether oxygens (including phenoxy) is 2. The molecule has 0 radical (unpaired) electrons. The summed E-state index contributed by atoms with van der Waals surface area (Å²) < 4.78 is 11.1. The van der Waals surface area contributed by atoms with Crippen molar-refractivity contribution in [2.75, 3.05) is 13.2 Å². The van der Waals surface area contributed by atoms with E-state index in [0.717, 1.165) is 16.7 Å². The van der Waals surface area contributed by atoms with Gasteiger partial charge in [-0.2, -0.15) is 0 Å². The molecule has 0 amide bonds. The van der Waals surface area contributed by atoms with Crippen molar-refractivity contribution in [1.29, 1.82) is 0 Å². The molecule has 0 fully saturated rings. The molecule has 0 heterocycles.